The molecule has 2 aromatic carbocycles. The minimum Gasteiger partial charge on any atom is -0.399 e. The van der Waals surface area contributed by atoms with Crippen LogP contribution in [0.3, 0.4) is 0 Å². The molecule has 0 spiro atoms. The number of benzene rings is 2. The normalized spacial score (nSPS) is 11.1. The molecule has 0 saturated carbocycles. The number of carbonyl (C=O) groups is 1. The van der Waals surface area contributed by atoms with Gasteiger partial charge in [0, 0.05) is 39.6 Å². The summed E-state index contributed by atoms with van der Waals surface area (Å²) in [5, 5.41) is 4.28. The van der Waals surface area contributed by atoms with Gasteiger partial charge in [-0.15, -0.1) is 0 Å². The zero-order valence-corrected chi connectivity index (χ0v) is 12.4. The minimum absolute atomic E-state index is 0.244. The molecule has 0 atom stereocenters. The van der Waals surface area contributed by atoms with Crippen molar-refractivity contribution in [1.82, 2.24) is 4.98 Å². The van der Waals surface area contributed by atoms with Crippen LogP contribution in [0.15, 0.2) is 54.7 Å². The summed E-state index contributed by atoms with van der Waals surface area (Å²) < 4.78 is 0. The summed E-state index contributed by atoms with van der Waals surface area (Å²) in [5.41, 5.74) is 8.75. The summed E-state index contributed by atoms with van der Waals surface area (Å²) in [6.07, 6.45) is 5.11. The Kier molecular flexibility index (Phi) is 3.85. The number of amides is 1. The summed E-state index contributed by atoms with van der Waals surface area (Å²) in [6.45, 7) is 0. The molecule has 0 saturated heterocycles. The minimum atomic E-state index is -0.244. The first-order valence-electron chi connectivity index (χ1n) is 6.73. The molecule has 3 aromatic rings. The maximum Gasteiger partial charge on any atom is 0.248 e. The van der Waals surface area contributed by atoms with Crippen LogP contribution in [0.4, 0.5) is 11.4 Å². The monoisotopic (exact) mass is 311 g/mol. The zero-order valence-electron chi connectivity index (χ0n) is 11.6. The van der Waals surface area contributed by atoms with E-state index in [1.807, 2.05) is 30.5 Å². The third-order valence-corrected chi connectivity index (χ3v) is 3.44. The molecule has 0 radical (unpaired) electrons. The zero-order chi connectivity index (χ0) is 15.5. The van der Waals surface area contributed by atoms with Crippen molar-refractivity contribution in [3.8, 4) is 0 Å². The van der Waals surface area contributed by atoms with Crippen molar-refractivity contribution in [2.75, 3.05) is 11.1 Å². The second-order valence-electron chi connectivity index (χ2n) is 4.89. The molecule has 1 aromatic heterocycles. The molecule has 110 valence electrons. The summed E-state index contributed by atoms with van der Waals surface area (Å²) in [5.74, 6) is -0.244. The first-order chi connectivity index (χ1) is 10.6. The Morgan fingerprint density at radius 2 is 2.05 bits per heavy atom. The number of nitrogens with two attached hydrogens (primary N) is 1. The van der Waals surface area contributed by atoms with E-state index in [-0.39, 0.29) is 5.91 Å². The van der Waals surface area contributed by atoms with Gasteiger partial charge in [0.05, 0.1) is 0 Å². The molecule has 5 heteroatoms. The van der Waals surface area contributed by atoms with Crippen LogP contribution in [-0.4, -0.2) is 10.9 Å². The molecule has 1 amide bonds. The number of fused-ring (bicyclic) bond motifs is 1. The van der Waals surface area contributed by atoms with Crippen molar-refractivity contribution in [2.45, 2.75) is 0 Å². The molecular weight excluding hydrogens is 298 g/mol. The number of hydrogen-bond donors (Lipinski definition) is 3. The molecule has 0 bridgehead atoms. The molecule has 4 N–H and O–H groups in total. The summed E-state index contributed by atoms with van der Waals surface area (Å²) in [6, 6.07) is 12.8. The van der Waals surface area contributed by atoms with E-state index < -0.39 is 0 Å². The van der Waals surface area contributed by atoms with E-state index in [4.69, 9.17) is 17.3 Å². The smallest absolute Gasteiger partial charge is 0.248 e. The largest absolute Gasteiger partial charge is 0.399 e. The van der Waals surface area contributed by atoms with Crippen molar-refractivity contribution in [1.29, 1.82) is 0 Å². The Hall–Kier alpha value is -2.72. The molecule has 0 aliphatic heterocycles. The Morgan fingerprint density at radius 3 is 2.86 bits per heavy atom. The Balaban J connectivity index is 1.76. The molecule has 0 aliphatic carbocycles. The van der Waals surface area contributed by atoms with E-state index in [0.717, 1.165) is 16.5 Å². The highest BCUT2D eigenvalue weighted by Gasteiger charge is 2.03. The van der Waals surface area contributed by atoms with Gasteiger partial charge in [-0.1, -0.05) is 29.8 Å². The standard InChI is InChI=1S/C17H14ClN3O/c18-12-7-13(19)9-14(8-12)21-17(22)6-5-11-10-20-16-4-2-1-3-15(11)16/h1-10,20H,19H2,(H,21,22). The van der Waals surface area contributed by atoms with E-state index in [1.54, 1.807) is 24.3 Å². The highest BCUT2D eigenvalue weighted by Crippen LogP contribution is 2.21. The molecule has 0 aliphatic rings. The average Bonchev–Trinajstić information content (AvgIpc) is 2.87. The third-order valence-electron chi connectivity index (χ3n) is 3.22. The van der Waals surface area contributed by atoms with Gasteiger partial charge in [0.1, 0.15) is 0 Å². The second kappa shape index (κ2) is 5.95. The van der Waals surface area contributed by atoms with Crippen molar-refractivity contribution >= 4 is 45.9 Å². The number of hydrogen-bond acceptors (Lipinski definition) is 2. The highest BCUT2D eigenvalue weighted by atomic mass is 35.5. The van der Waals surface area contributed by atoms with Crippen LogP contribution in [0, 0.1) is 0 Å². The lowest BCUT2D eigenvalue weighted by Crippen LogP contribution is -2.07. The van der Waals surface area contributed by atoms with Gasteiger partial charge in [-0.3, -0.25) is 4.79 Å². The molecule has 0 fully saturated rings. The third kappa shape index (κ3) is 3.13. The van der Waals surface area contributed by atoms with E-state index >= 15 is 0 Å². The number of nitrogen functional groups attached to an aromatic ring is 1. The number of halogens is 1. The number of aromatic amines is 1. The number of carbonyl (C=O) groups excluding carboxylic acids is 1. The van der Waals surface area contributed by atoms with Crippen molar-refractivity contribution < 1.29 is 4.79 Å². The molecule has 22 heavy (non-hydrogen) atoms. The lowest BCUT2D eigenvalue weighted by atomic mass is 10.1. The summed E-state index contributed by atoms with van der Waals surface area (Å²) in [4.78, 5) is 15.1. The van der Waals surface area contributed by atoms with Gasteiger partial charge in [-0.05, 0) is 35.9 Å². The quantitative estimate of drug-likeness (QED) is 0.504. The van der Waals surface area contributed by atoms with Crippen LogP contribution in [-0.2, 0) is 4.79 Å². The number of nitrogens with one attached hydrogen (secondary N) is 2. The van der Waals surface area contributed by atoms with Crippen LogP contribution >= 0.6 is 11.6 Å². The maximum atomic E-state index is 12.0. The lowest BCUT2D eigenvalue weighted by molar-refractivity contribution is -0.111. The Morgan fingerprint density at radius 1 is 1.23 bits per heavy atom. The molecule has 0 unspecified atom stereocenters. The van der Waals surface area contributed by atoms with Gasteiger partial charge in [-0.2, -0.15) is 0 Å². The summed E-state index contributed by atoms with van der Waals surface area (Å²) in [7, 11) is 0. The number of para-hydroxylation sites is 1. The molecule has 3 rings (SSSR count). The average molecular weight is 312 g/mol. The van der Waals surface area contributed by atoms with Crippen LogP contribution in [0.2, 0.25) is 5.02 Å². The van der Waals surface area contributed by atoms with Gasteiger partial charge < -0.3 is 16.0 Å². The van der Waals surface area contributed by atoms with E-state index in [0.29, 0.717) is 16.4 Å². The maximum absolute atomic E-state index is 12.0. The van der Waals surface area contributed by atoms with E-state index in [9.17, 15) is 4.79 Å². The van der Waals surface area contributed by atoms with E-state index in [2.05, 4.69) is 10.3 Å². The predicted octanol–water partition coefficient (Wildman–Crippen LogP) is 4.06. The van der Waals surface area contributed by atoms with Gasteiger partial charge in [0.2, 0.25) is 5.91 Å². The highest BCUT2D eigenvalue weighted by molar-refractivity contribution is 6.31. The van der Waals surface area contributed by atoms with Crippen LogP contribution in [0.1, 0.15) is 5.56 Å². The van der Waals surface area contributed by atoms with Crippen molar-refractivity contribution in [3.63, 3.8) is 0 Å². The van der Waals surface area contributed by atoms with Crippen LogP contribution < -0.4 is 11.1 Å². The SMILES string of the molecule is Nc1cc(Cl)cc(NC(=O)C=Cc2c[nH]c3ccccc23)c1. The lowest BCUT2D eigenvalue weighted by Gasteiger charge is -2.04. The fraction of sp³-hybridized carbons (Fsp3) is 0. The topological polar surface area (TPSA) is 70.9 Å². The van der Waals surface area contributed by atoms with Gasteiger partial charge >= 0.3 is 0 Å². The molecular formula is C17H14ClN3O. The predicted molar refractivity (Wildman–Crippen MR) is 91.8 cm³/mol. The fourth-order valence-electron chi connectivity index (χ4n) is 2.27. The summed E-state index contributed by atoms with van der Waals surface area (Å²) >= 11 is 5.90. The van der Waals surface area contributed by atoms with Gasteiger partial charge in [0.15, 0.2) is 0 Å². The first-order valence-corrected chi connectivity index (χ1v) is 7.11. The van der Waals surface area contributed by atoms with Crippen LogP contribution in [0.25, 0.3) is 17.0 Å². The Bertz CT molecular complexity index is 847. The Labute approximate surface area is 132 Å². The van der Waals surface area contributed by atoms with Gasteiger partial charge in [-0.25, -0.2) is 0 Å². The number of aromatic nitrogens is 1. The molecule has 1 heterocycles. The second-order valence-corrected chi connectivity index (χ2v) is 5.32. The van der Waals surface area contributed by atoms with E-state index in [1.165, 1.54) is 6.08 Å². The van der Waals surface area contributed by atoms with Crippen molar-refractivity contribution in [3.05, 3.63) is 65.3 Å². The van der Waals surface area contributed by atoms with Crippen LogP contribution in [0.5, 0.6) is 0 Å². The first kappa shape index (κ1) is 14.2. The molecule has 4 nitrogen and oxygen atoms in total. The fourth-order valence-corrected chi connectivity index (χ4v) is 2.51. The van der Waals surface area contributed by atoms with Gasteiger partial charge in [0.25, 0.3) is 0 Å². The van der Waals surface area contributed by atoms with Crippen molar-refractivity contribution in [2.24, 2.45) is 0 Å². The number of rotatable bonds is 3. The number of H-pyrrole nitrogens is 1. The number of anilines is 2.